The lowest BCUT2D eigenvalue weighted by atomic mass is 10.0. The topological polar surface area (TPSA) is 49.8 Å². The predicted molar refractivity (Wildman–Crippen MR) is 79.5 cm³/mol. The fraction of sp³-hybridized carbons (Fsp3) is 0.533. The van der Waals surface area contributed by atoms with Crippen molar-refractivity contribution >= 4 is 11.8 Å². The fourth-order valence-electron chi connectivity index (χ4n) is 1.94. The zero-order valence-electron chi connectivity index (χ0n) is 11.5. The number of nitrogens with zero attached hydrogens (tertiary/aromatic N) is 1. The molecular weight excluding hydrogens is 240 g/mol. The van der Waals surface area contributed by atoms with Crippen LogP contribution in [-0.2, 0) is 5.75 Å². The summed E-state index contributed by atoms with van der Waals surface area (Å²) in [6.07, 6.45) is 1.76. The van der Waals surface area contributed by atoms with Crippen LogP contribution in [-0.4, -0.2) is 11.3 Å². The first kappa shape index (κ1) is 15.1. The van der Waals surface area contributed by atoms with E-state index in [0.717, 1.165) is 24.3 Å². The zero-order valence-corrected chi connectivity index (χ0v) is 12.3. The SMILES string of the molecule is Cc1cc(C)cc(CSCCCC(C)(N)C#N)c1. The Kier molecular flexibility index (Phi) is 5.71. The molecule has 0 bridgehead atoms. The van der Waals surface area contributed by atoms with E-state index in [1.807, 2.05) is 11.8 Å². The third kappa shape index (κ3) is 5.57. The van der Waals surface area contributed by atoms with Crippen LogP contribution in [0.2, 0.25) is 0 Å². The highest BCUT2D eigenvalue weighted by atomic mass is 32.2. The third-order valence-corrected chi connectivity index (χ3v) is 3.91. The van der Waals surface area contributed by atoms with Crippen molar-refractivity contribution < 1.29 is 0 Å². The molecule has 18 heavy (non-hydrogen) atoms. The summed E-state index contributed by atoms with van der Waals surface area (Å²) in [5, 5.41) is 8.81. The monoisotopic (exact) mass is 262 g/mol. The Hall–Kier alpha value is -0.980. The van der Waals surface area contributed by atoms with Crippen molar-refractivity contribution in [2.24, 2.45) is 5.73 Å². The van der Waals surface area contributed by atoms with Gasteiger partial charge >= 0.3 is 0 Å². The van der Waals surface area contributed by atoms with E-state index in [1.54, 1.807) is 6.92 Å². The summed E-state index contributed by atoms with van der Waals surface area (Å²) >= 11 is 1.91. The molecule has 98 valence electrons. The van der Waals surface area contributed by atoms with E-state index in [-0.39, 0.29) is 0 Å². The van der Waals surface area contributed by atoms with E-state index >= 15 is 0 Å². The van der Waals surface area contributed by atoms with Gasteiger partial charge in [0.25, 0.3) is 0 Å². The maximum absolute atomic E-state index is 8.81. The molecule has 2 nitrogen and oxygen atoms in total. The smallest absolute Gasteiger partial charge is 0.101 e. The number of thioether (sulfide) groups is 1. The van der Waals surface area contributed by atoms with Gasteiger partial charge in [-0.3, -0.25) is 0 Å². The van der Waals surface area contributed by atoms with Crippen LogP contribution < -0.4 is 5.73 Å². The number of nitrogens with two attached hydrogens (primary N) is 1. The summed E-state index contributed by atoms with van der Waals surface area (Å²) in [7, 11) is 0. The molecule has 0 aromatic heterocycles. The lowest BCUT2D eigenvalue weighted by Crippen LogP contribution is -2.33. The van der Waals surface area contributed by atoms with Crippen LogP contribution in [0.4, 0.5) is 0 Å². The van der Waals surface area contributed by atoms with E-state index in [2.05, 4.69) is 38.1 Å². The van der Waals surface area contributed by atoms with Crippen molar-refractivity contribution in [3.8, 4) is 6.07 Å². The van der Waals surface area contributed by atoms with Crippen LogP contribution >= 0.6 is 11.8 Å². The Morgan fingerprint density at radius 3 is 2.44 bits per heavy atom. The summed E-state index contributed by atoms with van der Waals surface area (Å²) in [6.45, 7) is 6.06. The lowest BCUT2D eigenvalue weighted by molar-refractivity contribution is 0.540. The molecule has 0 radical (unpaired) electrons. The standard InChI is InChI=1S/C15H22N2S/c1-12-7-13(2)9-14(8-12)10-18-6-4-5-15(3,17)11-16/h7-9H,4-6,10,17H2,1-3H3. The fourth-order valence-corrected chi connectivity index (χ4v) is 2.83. The van der Waals surface area contributed by atoms with E-state index in [0.29, 0.717) is 0 Å². The first-order chi connectivity index (χ1) is 8.43. The van der Waals surface area contributed by atoms with Crippen LogP contribution in [0.25, 0.3) is 0 Å². The lowest BCUT2D eigenvalue weighted by Gasteiger charge is -2.14. The van der Waals surface area contributed by atoms with Crippen LogP contribution in [0.3, 0.4) is 0 Å². The van der Waals surface area contributed by atoms with Gasteiger partial charge in [0, 0.05) is 5.75 Å². The molecule has 0 amide bonds. The number of hydrogen-bond donors (Lipinski definition) is 1. The highest BCUT2D eigenvalue weighted by Gasteiger charge is 2.15. The average molecular weight is 262 g/mol. The molecule has 1 aromatic carbocycles. The van der Waals surface area contributed by atoms with Gasteiger partial charge in [-0.15, -0.1) is 0 Å². The molecule has 0 aliphatic carbocycles. The second-order valence-electron chi connectivity index (χ2n) is 5.18. The zero-order chi connectivity index (χ0) is 13.6. The molecule has 1 aromatic rings. The molecule has 0 aliphatic heterocycles. The molecule has 1 rings (SSSR count). The van der Waals surface area contributed by atoms with Gasteiger partial charge in [0.15, 0.2) is 0 Å². The Morgan fingerprint density at radius 2 is 1.89 bits per heavy atom. The Labute approximate surface area is 115 Å². The maximum atomic E-state index is 8.81. The van der Waals surface area contributed by atoms with Gasteiger partial charge in [0.1, 0.15) is 5.54 Å². The normalized spacial score (nSPS) is 13.9. The summed E-state index contributed by atoms with van der Waals surface area (Å²) in [5.41, 5.74) is 9.14. The third-order valence-electron chi connectivity index (χ3n) is 2.79. The number of nitriles is 1. The van der Waals surface area contributed by atoms with Crippen molar-refractivity contribution in [1.82, 2.24) is 0 Å². The maximum Gasteiger partial charge on any atom is 0.101 e. The van der Waals surface area contributed by atoms with Crippen molar-refractivity contribution in [3.05, 3.63) is 34.9 Å². The van der Waals surface area contributed by atoms with Crippen molar-refractivity contribution in [3.63, 3.8) is 0 Å². The summed E-state index contributed by atoms with van der Waals surface area (Å²) < 4.78 is 0. The Bertz CT molecular complexity index is 412. The summed E-state index contributed by atoms with van der Waals surface area (Å²) in [5.74, 6) is 2.10. The first-order valence-electron chi connectivity index (χ1n) is 6.28. The van der Waals surface area contributed by atoms with Gasteiger partial charge in [-0.05, 0) is 44.9 Å². The minimum Gasteiger partial charge on any atom is -0.314 e. The minimum atomic E-state index is -0.666. The number of benzene rings is 1. The molecule has 0 saturated carbocycles. The molecule has 0 spiro atoms. The molecular formula is C15H22N2S. The van der Waals surface area contributed by atoms with Crippen molar-refractivity contribution in [2.75, 3.05) is 5.75 Å². The van der Waals surface area contributed by atoms with Crippen LogP contribution in [0, 0.1) is 25.2 Å². The van der Waals surface area contributed by atoms with Gasteiger partial charge in [-0.1, -0.05) is 29.3 Å². The highest BCUT2D eigenvalue weighted by molar-refractivity contribution is 7.98. The van der Waals surface area contributed by atoms with Crippen molar-refractivity contribution in [2.45, 2.75) is 44.9 Å². The number of rotatable bonds is 6. The molecule has 0 saturated heterocycles. The highest BCUT2D eigenvalue weighted by Crippen LogP contribution is 2.18. The van der Waals surface area contributed by atoms with E-state index in [4.69, 9.17) is 11.0 Å². The molecule has 0 aliphatic rings. The van der Waals surface area contributed by atoms with E-state index < -0.39 is 5.54 Å². The molecule has 0 heterocycles. The molecule has 2 N–H and O–H groups in total. The molecule has 1 atom stereocenters. The van der Waals surface area contributed by atoms with Crippen molar-refractivity contribution in [1.29, 1.82) is 5.26 Å². The molecule has 1 unspecified atom stereocenters. The van der Waals surface area contributed by atoms with E-state index in [9.17, 15) is 0 Å². The predicted octanol–water partition coefficient (Wildman–Crippen LogP) is 3.56. The Morgan fingerprint density at radius 1 is 1.28 bits per heavy atom. The van der Waals surface area contributed by atoms with Gasteiger partial charge in [0.05, 0.1) is 6.07 Å². The molecule has 3 heteroatoms. The van der Waals surface area contributed by atoms with Crippen LogP contribution in [0.5, 0.6) is 0 Å². The summed E-state index contributed by atoms with van der Waals surface area (Å²) in [6, 6.07) is 8.81. The van der Waals surface area contributed by atoms with Gasteiger partial charge in [-0.2, -0.15) is 17.0 Å². The van der Waals surface area contributed by atoms with Gasteiger partial charge in [0.2, 0.25) is 0 Å². The van der Waals surface area contributed by atoms with Gasteiger partial charge in [-0.25, -0.2) is 0 Å². The largest absolute Gasteiger partial charge is 0.314 e. The van der Waals surface area contributed by atoms with E-state index in [1.165, 1.54) is 16.7 Å². The first-order valence-corrected chi connectivity index (χ1v) is 7.43. The van der Waals surface area contributed by atoms with Gasteiger partial charge < -0.3 is 5.73 Å². The Balaban J connectivity index is 2.28. The number of aryl methyl sites for hydroxylation is 2. The number of hydrogen-bond acceptors (Lipinski definition) is 3. The average Bonchev–Trinajstić information content (AvgIpc) is 2.27. The second kappa shape index (κ2) is 6.82. The quantitative estimate of drug-likeness (QED) is 0.797. The molecule has 0 fully saturated rings. The van der Waals surface area contributed by atoms with Crippen LogP contribution in [0.15, 0.2) is 18.2 Å². The second-order valence-corrected chi connectivity index (χ2v) is 6.29. The summed E-state index contributed by atoms with van der Waals surface area (Å²) in [4.78, 5) is 0. The minimum absolute atomic E-state index is 0.666. The van der Waals surface area contributed by atoms with Crippen LogP contribution in [0.1, 0.15) is 36.5 Å².